The molecule has 1 rings (SSSR count). The number of hydrogen-bond donors (Lipinski definition) is 1. The van der Waals surface area contributed by atoms with Crippen LogP contribution in [-0.4, -0.2) is 41.7 Å². The van der Waals surface area contributed by atoms with E-state index in [1.54, 1.807) is 39.1 Å². The zero-order valence-electron chi connectivity index (χ0n) is 11.1. The summed E-state index contributed by atoms with van der Waals surface area (Å²) in [7, 11) is 1.63. The van der Waals surface area contributed by atoms with Gasteiger partial charge < -0.3 is 14.7 Å². The molecule has 0 spiro atoms. The molecule has 6 heteroatoms. The highest BCUT2D eigenvalue weighted by molar-refractivity contribution is 9.10. The molecule has 0 atom stereocenters. The Morgan fingerprint density at radius 1 is 1.53 bits per heavy atom. The highest BCUT2D eigenvalue weighted by atomic mass is 79.9. The molecular formula is C13H17BrClNO3. The number of aliphatic hydroxyl groups is 1. The normalized spacial score (nSPS) is 11.3. The van der Waals surface area contributed by atoms with Gasteiger partial charge in [0.2, 0.25) is 0 Å². The number of rotatable bonds is 5. The molecule has 1 aromatic rings. The van der Waals surface area contributed by atoms with Crippen molar-refractivity contribution in [1.29, 1.82) is 0 Å². The minimum Gasteiger partial charge on any atom is -0.482 e. The third kappa shape index (κ3) is 4.37. The van der Waals surface area contributed by atoms with Crippen LogP contribution in [0.25, 0.3) is 0 Å². The second kappa shape index (κ2) is 6.59. The molecule has 1 N–H and O–H groups in total. The van der Waals surface area contributed by atoms with E-state index in [2.05, 4.69) is 15.9 Å². The molecule has 106 valence electrons. The Kier molecular flexibility index (Phi) is 5.64. The molecule has 0 fully saturated rings. The van der Waals surface area contributed by atoms with Crippen LogP contribution < -0.4 is 4.74 Å². The van der Waals surface area contributed by atoms with Crippen molar-refractivity contribution < 1.29 is 14.6 Å². The molecule has 0 aromatic heterocycles. The molecule has 0 saturated carbocycles. The topological polar surface area (TPSA) is 49.8 Å². The summed E-state index contributed by atoms with van der Waals surface area (Å²) >= 11 is 9.28. The lowest BCUT2D eigenvalue weighted by molar-refractivity contribution is -0.138. The van der Waals surface area contributed by atoms with Crippen molar-refractivity contribution in [3.05, 3.63) is 27.7 Å². The van der Waals surface area contributed by atoms with Crippen LogP contribution in [0.3, 0.4) is 0 Å². The summed E-state index contributed by atoms with van der Waals surface area (Å²) in [6.45, 7) is 3.31. The van der Waals surface area contributed by atoms with E-state index in [4.69, 9.17) is 16.3 Å². The molecule has 0 unspecified atom stereocenters. The summed E-state index contributed by atoms with van der Waals surface area (Å²) in [5.41, 5.74) is -0.621. The van der Waals surface area contributed by atoms with Gasteiger partial charge in [0.1, 0.15) is 5.75 Å². The summed E-state index contributed by atoms with van der Waals surface area (Å²) in [5, 5.41) is 9.65. The molecule has 1 amide bonds. The lowest BCUT2D eigenvalue weighted by Gasteiger charge is -2.33. The van der Waals surface area contributed by atoms with Crippen molar-refractivity contribution >= 4 is 33.4 Å². The lowest BCUT2D eigenvalue weighted by atomic mass is 10.1. The van der Waals surface area contributed by atoms with E-state index in [1.165, 1.54) is 4.90 Å². The first-order valence-corrected chi connectivity index (χ1v) is 6.90. The van der Waals surface area contributed by atoms with E-state index < -0.39 is 5.54 Å². The Labute approximate surface area is 126 Å². The number of halogens is 2. The van der Waals surface area contributed by atoms with Crippen LogP contribution in [0.15, 0.2) is 22.7 Å². The van der Waals surface area contributed by atoms with E-state index in [0.717, 1.165) is 4.47 Å². The molecule has 0 aliphatic heterocycles. The number of nitrogens with zero attached hydrogens (tertiary/aromatic N) is 1. The van der Waals surface area contributed by atoms with Gasteiger partial charge in [-0.1, -0.05) is 27.5 Å². The molecule has 1 aromatic carbocycles. The SMILES string of the molecule is CN(C(=O)COc1ccc(Br)cc1Cl)C(C)(C)CO. The number of carbonyl (C=O) groups excluding carboxylic acids is 1. The Morgan fingerprint density at radius 3 is 2.68 bits per heavy atom. The first kappa shape index (κ1) is 16.3. The van der Waals surface area contributed by atoms with Crippen LogP contribution in [0.5, 0.6) is 5.75 Å². The zero-order chi connectivity index (χ0) is 14.6. The van der Waals surface area contributed by atoms with E-state index in [1.807, 2.05) is 0 Å². The quantitative estimate of drug-likeness (QED) is 0.888. The van der Waals surface area contributed by atoms with Gasteiger partial charge in [-0.05, 0) is 32.0 Å². The van der Waals surface area contributed by atoms with Gasteiger partial charge in [-0.2, -0.15) is 0 Å². The average Bonchev–Trinajstić information content (AvgIpc) is 2.36. The number of hydrogen-bond acceptors (Lipinski definition) is 3. The van der Waals surface area contributed by atoms with E-state index in [9.17, 15) is 9.90 Å². The van der Waals surface area contributed by atoms with Crippen LogP contribution in [0.2, 0.25) is 5.02 Å². The van der Waals surface area contributed by atoms with Crippen LogP contribution in [0, 0.1) is 0 Å². The fourth-order valence-corrected chi connectivity index (χ4v) is 2.00. The van der Waals surface area contributed by atoms with Gasteiger partial charge in [0.05, 0.1) is 17.2 Å². The fourth-order valence-electron chi connectivity index (χ4n) is 1.27. The van der Waals surface area contributed by atoms with Gasteiger partial charge in [-0.3, -0.25) is 4.79 Å². The first-order chi connectivity index (χ1) is 8.77. The van der Waals surface area contributed by atoms with Gasteiger partial charge >= 0.3 is 0 Å². The zero-order valence-corrected chi connectivity index (χ0v) is 13.5. The number of aliphatic hydroxyl groups excluding tert-OH is 1. The Hall–Kier alpha value is -0.780. The Balaban J connectivity index is 2.64. The molecule has 0 aliphatic carbocycles. The summed E-state index contributed by atoms with van der Waals surface area (Å²) in [4.78, 5) is 13.4. The van der Waals surface area contributed by atoms with Crippen LogP contribution >= 0.6 is 27.5 Å². The maximum atomic E-state index is 11.9. The van der Waals surface area contributed by atoms with Gasteiger partial charge in [0.25, 0.3) is 5.91 Å². The second-order valence-electron chi connectivity index (χ2n) is 4.79. The van der Waals surface area contributed by atoms with Crippen LogP contribution in [0.1, 0.15) is 13.8 Å². The maximum absolute atomic E-state index is 11.9. The van der Waals surface area contributed by atoms with E-state index in [0.29, 0.717) is 10.8 Å². The molecular weight excluding hydrogens is 334 g/mol. The van der Waals surface area contributed by atoms with Crippen molar-refractivity contribution in [1.82, 2.24) is 4.90 Å². The monoisotopic (exact) mass is 349 g/mol. The minimum atomic E-state index is -0.621. The lowest BCUT2D eigenvalue weighted by Crippen LogP contribution is -2.49. The summed E-state index contributed by atoms with van der Waals surface area (Å²) in [6.07, 6.45) is 0. The number of carbonyl (C=O) groups is 1. The molecule has 0 radical (unpaired) electrons. The van der Waals surface area contributed by atoms with Gasteiger partial charge in [-0.15, -0.1) is 0 Å². The van der Waals surface area contributed by atoms with Gasteiger partial charge in [0, 0.05) is 11.5 Å². The number of ether oxygens (including phenoxy) is 1. The molecule has 0 bridgehead atoms. The van der Waals surface area contributed by atoms with E-state index in [-0.39, 0.29) is 19.1 Å². The largest absolute Gasteiger partial charge is 0.482 e. The highest BCUT2D eigenvalue weighted by Gasteiger charge is 2.26. The number of likely N-dealkylation sites (N-methyl/N-ethyl adjacent to an activating group) is 1. The average molecular weight is 351 g/mol. The predicted molar refractivity (Wildman–Crippen MR) is 78.6 cm³/mol. The number of amides is 1. The highest BCUT2D eigenvalue weighted by Crippen LogP contribution is 2.27. The molecule has 0 saturated heterocycles. The van der Waals surface area contributed by atoms with Gasteiger partial charge in [-0.25, -0.2) is 0 Å². The standard InChI is InChI=1S/C13H17BrClNO3/c1-13(2,8-17)16(3)12(18)7-19-11-5-4-9(14)6-10(11)15/h4-6,17H,7-8H2,1-3H3. The van der Waals surface area contributed by atoms with E-state index >= 15 is 0 Å². The summed E-state index contributed by atoms with van der Waals surface area (Å²) in [6, 6.07) is 5.17. The van der Waals surface area contributed by atoms with Crippen molar-refractivity contribution in [3.8, 4) is 5.75 Å². The third-order valence-corrected chi connectivity index (χ3v) is 3.70. The Bertz CT molecular complexity index is 465. The first-order valence-electron chi connectivity index (χ1n) is 5.73. The smallest absolute Gasteiger partial charge is 0.260 e. The van der Waals surface area contributed by atoms with Crippen LogP contribution in [0.4, 0.5) is 0 Å². The predicted octanol–water partition coefficient (Wildman–Crippen LogP) is 2.71. The maximum Gasteiger partial charge on any atom is 0.260 e. The molecule has 19 heavy (non-hydrogen) atoms. The van der Waals surface area contributed by atoms with Crippen molar-refractivity contribution in [3.63, 3.8) is 0 Å². The minimum absolute atomic E-state index is 0.117. The van der Waals surface area contributed by atoms with Gasteiger partial charge in [0.15, 0.2) is 6.61 Å². The molecule has 0 aliphatic rings. The third-order valence-electron chi connectivity index (χ3n) is 2.91. The Morgan fingerprint density at radius 2 is 2.16 bits per heavy atom. The van der Waals surface area contributed by atoms with Crippen molar-refractivity contribution in [2.45, 2.75) is 19.4 Å². The summed E-state index contributed by atoms with van der Waals surface area (Å²) in [5.74, 6) is 0.228. The summed E-state index contributed by atoms with van der Waals surface area (Å²) < 4.78 is 6.23. The number of benzene rings is 1. The molecule has 0 heterocycles. The van der Waals surface area contributed by atoms with Crippen LogP contribution in [-0.2, 0) is 4.79 Å². The van der Waals surface area contributed by atoms with Crippen molar-refractivity contribution in [2.24, 2.45) is 0 Å². The fraction of sp³-hybridized carbons (Fsp3) is 0.462. The molecule has 4 nitrogen and oxygen atoms in total. The second-order valence-corrected chi connectivity index (χ2v) is 6.11. The van der Waals surface area contributed by atoms with Crippen molar-refractivity contribution in [2.75, 3.05) is 20.3 Å².